The Kier molecular flexibility index (Phi) is 4.70. The highest BCUT2D eigenvalue weighted by molar-refractivity contribution is 5.78. The fourth-order valence-electron chi connectivity index (χ4n) is 3.58. The van der Waals surface area contributed by atoms with Gasteiger partial charge < -0.3 is 9.64 Å². The molecule has 0 bridgehead atoms. The van der Waals surface area contributed by atoms with Gasteiger partial charge in [-0.2, -0.15) is 0 Å². The lowest BCUT2D eigenvalue weighted by Gasteiger charge is -2.42. The molecule has 4 nitrogen and oxygen atoms in total. The Balaban J connectivity index is 1.46. The van der Waals surface area contributed by atoms with E-state index in [1.807, 2.05) is 41.3 Å². The van der Waals surface area contributed by atoms with Crippen molar-refractivity contribution in [2.75, 3.05) is 26.2 Å². The van der Waals surface area contributed by atoms with Gasteiger partial charge in [-0.05, 0) is 30.5 Å². The summed E-state index contributed by atoms with van der Waals surface area (Å²) in [4.78, 5) is 17.4. The zero-order valence-corrected chi connectivity index (χ0v) is 14.4. The molecule has 1 saturated carbocycles. The van der Waals surface area contributed by atoms with Crippen LogP contribution < -0.4 is 4.74 Å². The van der Waals surface area contributed by atoms with Crippen molar-refractivity contribution in [2.24, 2.45) is 0 Å². The zero-order valence-electron chi connectivity index (χ0n) is 14.4. The SMILES string of the molecule is O=C(COc1ccccc1)N1CCN(C2CC2)CC1c1ccccc1. The van der Waals surface area contributed by atoms with Crippen LogP contribution in [-0.4, -0.2) is 48.0 Å². The summed E-state index contributed by atoms with van der Waals surface area (Å²) in [5.41, 5.74) is 1.21. The molecule has 1 saturated heterocycles. The molecule has 0 aromatic heterocycles. The van der Waals surface area contributed by atoms with Gasteiger partial charge in [-0.1, -0.05) is 48.5 Å². The zero-order chi connectivity index (χ0) is 17.1. The first-order valence-corrected chi connectivity index (χ1v) is 9.07. The largest absolute Gasteiger partial charge is 0.484 e. The summed E-state index contributed by atoms with van der Waals surface area (Å²) in [5.74, 6) is 0.803. The standard InChI is InChI=1S/C21H24N2O2/c24-21(16-25-19-9-5-2-6-10-19)23-14-13-22(18-11-12-18)15-20(23)17-7-3-1-4-8-17/h1-10,18,20H,11-16H2. The monoisotopic (exact) mass is 336 g/mol. The minimum Gasteiger partial charge on any atom is -0.484 e. The molecule has 0 radical (unpaired) electrons. The molecule has 0 spiro atoms. The molecule has 4 rings (SSSR count). The fraction of sp³-hybridized carbons (Fsp3) is 0.381. The number of carbonyl (C=O) groups excluding carboxylic acids is 1. The van der Waals surface area contributed by atoms with Crippen LogP contribution in [0.15, 0.2) is 60.7 Å². The van der Waals surface area contributed by atoms with Gasteiger partial charge in [0.15, 0.2) is 6.61 Å². The van der Waals surface area contributed by atoms with Gasteiger partial charge in [0.1, 0.15) is 5.75 Å². The van der Waals surface area contributed by atoms with E-state index < -0.39 is 0 Å². The molecule has 0 N–H and O–H groups in total. The predicted molar refractivity (Wildman–Crippen MR) is 97.4 cm³/mol. The highest BCUT2D eigenvalue weighted by atomic mass is 16.5. The Bertz CT molecular complexity index is 700. The Labute approximate surface area is 149 Å². The quantitative estimate of drug-likeness (QED) is 0.841. The van der Waals surface area contributed by atoms with Crippen molar-refractivity contribution in [1.29, 1.82) is 0 Å². The van der Waals surface area contributed by atoms with Crippen LogP contribution in [0.3, 0.4) is 0 Å². The first-order chi connectivity index (χ1) is 12.3. The second-order valence-electron chi connectivity index (χ2n) is 6.84. The Hall–Kier alpha value is -2.33. The first kappa shape index (κ1) is 16.2. The summed E-state index contributed by atoms with van der Waals surface area (Å²) in [5, 5.41) is 0. The minimum atomic E-state index is 0.0631. The molecule has 2 aliphatic rings. The third-order valence-corrected chi connectivity index (χ3v) is 5.09. The third-order valence-electron chi connectivity index (χ3n) is 5.09. The Morgan fingerprint density at radius 3 is 2.32 bits per heavy atom. The molecule has 2 aromatic carbocycles. The number of carbonyl (C=O) groups is 1. The number of benzene rings is 2. The summed E-state index contributed by atoms with van der Waals surface area (Å²) in [6.45, 7) is 2.75. The number of amides is 1. The predicted octanol–water partition coefficient (Wildman–Crippen LogP) is 3.11. The first-order valence-electron chi connectivity index (χ1n) is 9.07. The van der Waals surface area contributed by atoms with E-state index in [1.165, 1.54) is 18.4 Å². The molecule has 1 amide bonds. The summed E-state index contributed by atoms with van der Waals surface area (Å²) < 4.78 is 5.69. The molecule has 1 unspecified atom stereocenters. The van der Waals surface area contributed by atoms with Gasteiger partial charge in [0.05, 0.1) is 6.04 Å². The van der Waals surface area contributed by atoms with Gasteiger partial charge >= 0.3 is 0 Å². The number of hydrogen-bond donors (Lipinski definition) is 0. The van der Waals surface area contributed by atoms with Gasteiger partial charge in [0, 0.05) is 25.7 Å². The van der Waals surface area contributed by atoms with Crippen LogP contribution in [0.4, 0.5) is 0 Å². The smallest absolute Gasteiger partial charge is 0.261 e. The lowest BCUT2D eigenvalue weighted by molar-refractivity contribution is -0.138. The molecule has 4 heteroatoms. The number of para-hydroxylation sites is 1. The number of rotatable bonds is 5. The van der Waals surface area contributed by atoms with Gasteiger partial charge in [-0.25, -0.2) is 0 Å². The van der Waals surface area contributed by atoms with Crippen molar-refractivity contribution in [3.05, 3.63) is 66.2 Å². The highest BCUT2D eigenvalue weighted by Crippen LogP contribution is 2.33. The second kappa shape index (κ2) is 7.28. The minimum absolute atomic E-state index is 0.0631. The summed E-state index contributed by atoms with van der Waals surface area (Å²) in [7, 11) is 0. The van der Waals surface area contributed by atoms with Crippen molar-refractivity contribution in [1.82, 2.24) is 9.80 Å². The van der Waals surface area contributed by atoms with Crippen LogP contribution >= 0.6 is 0 Å². The van der Waals surface area contributed by atoms with Gasteiger partial charge in [0.2, 0.25) is 0 Å². The van der Waals surface area contributed by atoms with Crippen molar-refractivity contribution < 1.29 is 9.53 Å². The summed E-state index contributed by atoms with van der Waals surface area (Å²) in [6, 6.07) is 20.8. The van der Waals surface area contributed by atoms with E-state index in [0.717, 1.165) is 31.4 Å². The average molecular weight is 336 g/mol. The van der Waals surface area contributed by atoms with Crippen LogP contribution in [0, 0.1) is 0 Å². The highest BCUT2D eigenvalue weighted by Gasteiger charge is 2.37. The number of piperazine rings is 1. The lowest BCUT2D eigenvalue weighted by Crippen LogP contribution is -2.52. The van der Waals surface area contributed by atoms with Gasteiger partial charge in [-0.15, -0.1) is 0 Å². The molecule has 1 aliphatic heterocycles. The molecule has 2 fully saturated rings. The number of nitrogens with zero attached hydrogens (tertiary/aromatic N) is 2. The molecular weight excluding hydrogens is 312 g/mol. The van der Waals surface area contributed by atoms with Gasteiger partial charge in [0.25, 0.3) is 5.91 Å². The van der Waals surface area contributed by atoms with Crippen LogP contribution in [0.1, 0.15) is 24.4 Å². The van der Waals surface area contributed by atoms with Crippen molar-refractivity contribution >= 4 is 5.91 Å². The third kappa shape index (κ3) is 3.85. The Morgan fingerprint density at radius 1 is 0.960 bits per heavy atom. The van der Waals surface area contributed by atoms with E-state index in [9.17, 15) is 4.79 Å². The Morgan fingerprint density at radius 2 is 1.64 bits per heavy atom. The maximum absolute atomic E-state index is 12.8. The maximum atomic E-state index is 12.8. The molecule has 1 atom stereocenters. The van der Waals surface area contributed by atoms with Gasteiger partial charge in [-0.3, -0.25) is 9.69 Å². The van der Waals surface area contributed by atoms with Crippen LogP contribution in [0.2, 0.25) is 0 Å². The molecular formula is C21H24N2O2. The topological polar surface area (TPSA) is 32.8 Å². The van der Waals surface area contributed by atoms with Crippen molar-refractivity contribution in [3.63, 3.8) is 0 Å². The van der Waals surface area contributed by atoms with E-state index in [-0.39, 0.29) is 18.6 Å². The number of hydrogen-bond acceptors (Lipinski definition) is 3. The molecule has 2 aromatic rings. The molecule has 1 heterocycles. The van der Waals surface area contributed by atoms with Crippen LogP contribution in [0.25, 0.3) is 0 Å². The average Bonchev–Trinajstić information content (AvgIpc) is 3.52. The van der Waals surface area contributed by atoms with Crippen LogP contribution in [-0.2, 0) is 4.79 Å². The van der Waals surface area contributed by atoms with E-state index in [0.29, 0.717) is 0 Å². The van der Waals surface area contributed by atoms with E-state index in [4.69, 9.17) is 4.74 Å². The number of ether oxygens (including phenoxy) is 1. The van der Waals surface area contributed by atoms with E-state index >= 15 is 0 Å². The summed E-state index contributed by atoms with van der Waals surface area (Å²) in [6.07, 6.45) is 2.60. The maximum Gasteiger partial charge on any atom is 0.261 e. The molecule has 25 heavy (non-hydrogen) atoms. The fourth-order valence-corrected chi connectivity index (χ4v) is 3.58. The van der Waals surface area contributed by atoms with Crippen molar-refractivity contribution in [3.8, 4) is 5.75 Å². The second-order valence-corrected chi connectivity index (χ2v) is 6.84. The molecule has 1 aliphatic carbocycles. The summed E-state index contributed by atoms with van der Waals surface area (Å²) >= 11 is 0. The van der Waals surface area contributed by atoms with E-state index in [2.05, 4.69) is 29.2 Å². The van der Waals surface area contributed by atoms with E-state index in [1.54, 1.807) is 0 Å². The molecule has 130 valence electrons. The van der Waals surface area contributed by atoms with Crippen LogP contribution in [0.5, 0.6) is 5.75 Å². The normalized spacial score (nSPS) is 21.1. The lowest BCUT2D eigenvalue weighted by atomic mass is 10.0. The van der Waals surface area contributed by atoms with Crippen molar-refractivity contribution in [2.45, 2.75) is 24.9 Å².